The number of carbonyl (C=O) groups excluding carboxylic acids is 1. The number of nitrogens with zero attached hydrogens (tertiary/aromatic N) is 1. The monoisotopic (exact) mass is 417 g/mol. The maximum atomic E-state index is 12.9. The van der Waals surface area contributed by atoms with E-state index in [1.807, 2.05) is 6.92 Å². The number of rotatable bonds is 8. The molecule has 8 heteroatoms. The van der Waals surface area contributed by atoms with Crippen LogP contribution < -0.4 is 14.2 Å². The quantitative estimate of drug-likeness (QED) is 0.501. The predicted octanol–water partition coefficient (Wildman–Crippen LogP) is 4.54. The molecule has 0 fully saturated rings. The van der Waals surface area contributed by atoms with Gasteiger partial charge in [0.05, 0.1) is 25.5 Å². The molecule has 0 aliphatic carbocycles. The smallest absolute Gasteiger partial charge is 0.338 e. The zero-order chi connectivity index (χ0) is 20.8. The molecule has 29 heavy (non-hydrogen) atoms. The Morgan fingerprint density at radius 2 is 1.72 bits per heavy atom. The maximum absolute atomic E-state index is 12.9. The minimum atomic E-state index is -0.501. The lowest BCUT2D eigenvalue weighted by atomic mass is 10.1. The molecule has 0 radical (unpaired) electrons. The number of halogens is 1. The summed E-state index contributed by atoms with van der Waals surface area (Å²) in [5, 5.41) is 2.52. The Morgan fingerprint density at radius 1 is 1.07 bits per heavy atom. The normalized spacial score (nSPS) is 10.5. The third-order valence-electron chi connectivity index (χ3n) is 4.11. The average molecular weight is 417 g/mol. The second-order valence-corrected chi connectivity index (χ2v) is 7.00. The molecule has 1 aromatic heterocycles. The van der Waals surface area contributed by atoms with E-state index in [0.717, 1.165) is 10.6 Å². The van der Waals surface area contributed by atoms with Crippen molar-refractivity contribution in [2.75, 3.05) is 14.2 Å². The van der Waals surface area contributed by atoms with Crippen molar-refractivity contribution in [3.05, 3.63) is 69.4 Å². The summed E-state index contributed by atoms with van der Waals surface area (Å²) in [6.45, 7) is 2.12. The van der Waals surface area contributed by atoms with Crippen molar-refractivity contribution in [3.8, 4) is 17.2 Å². The summed E-state index contributed by atoms with van der Waals surface area (Å²) in [6, 6.07) is 8.99. The van der Waals surface area contributed by atoms with Crippen LogP contribution in [0.5, 0.6) is 17.2 Å². The topological polar surface area (TPSA) is 66.9 Å². The van der Waals surface area contributed by atoms with Gasteiger partial charge in [-0.3, -0.25) is 0 Å². The van der Waals surface area contributed by atoms with E-state index in [-0.39, 0.29) is 19.0 Å². The third-order valence-corrected chi connectivity index (χ3v) is 4.99. The lowest BCUT2D eigenvalue weighted by Gasteiger charge is -2.12. The van der Waals surface area contributed by atoms with Crippen molar-refractivity contribution in [2.45, 2.75) is 20.1 Å². The van der Waals surface area contributed by atoms with E-state index >= 15 is 0 Å². The minimum Gasteiger partial charge on any atom is -0.496 e. The zero-order valence-electron chi connectivity index (χ0n) is 16.2. The fourth-order valence-electron chi connectivity index (χ4n) is 2.58. The second-order valence-electron chi connectivity index (χ2n) is 6.06. The average Bonchev–Trinajstić information content (AvgIpc) is 3.19. The van der Waals surface area contributed by atoms with Crippen molar-refractivity contribution in [2.24, 2.45) is 0 Å². The van der Waals surface area contributed by atoms with Gasteiger partial charge in [-0.05, 0) is 43.3 Å². The number of benzene rings is 2. The molecule has 0 bridgehead atoms. The van der Waals surface area contributed by atoms with Crippen LogP contribution in [0.3, 0.4) is 0 Å². The van der Waals surface area contributed by atoms with Crippen LogP contribution in [0.1, 0.15) is 26.6 Å². The number of thiazole rings is 1. The summed E-state index contributed by atoms with van der Waals surface area (Å²) in [7, 11) is 3.06. The number of esters is 1. The highest BCUT2D eigenvalue weighted by molar-refractivity contribution is 7.09. The van der Waals surface area contributed by atoms with Gasteiger partial charge in [0.1, 0.15) is 41.3 Å². The molecule has 0 aliphatic heterocycles. The Morgan fingerprint density at radius 3 is 2.34 bits per heavy atom. The number of aromatic nitrogens is 1. The van der Waals surface area contributed by atoms with Crippen LogP contribution in [0.15, 0.2) is 41.8 Å². The SMILES string of the molecule is COc1cc(C(=O)OCc2csc(COc3ccc(F)cc3)n2)cc(OC)c1C. The Hall–Kier alpha value is -3.13. The summed E-state index contributed by atoms with van der Waals surface area (Å²) >= 11 is 1.39. The van der Waals surface area contributed by atoms with Crippen LogP contribution in [0, 0.1) is 12.7 Å². The molecule has 0 amide bonds. The van der Waals surface area contributed by atoms with E-state index in [1.54, 1.807) is 29.6 Å². The first kappa shape index (κ1) is 20.6. The number of carbonyl (C=O) groups is 1. The second kappa shape index (κ2) is 9.38. The van der Waals surface area contributed by atoms with Crippen LogP contribution >= 0.6 is 11.3 Å². The van der Waals surface area contributed by atoms with E-state index in [4.69, 9.17) is 18.9 Å². The lowest BCUT2D eigenvalue weighted by Crippen LogP contribution is -2.07. The molecule has 1 heterocycles. The van der Waals surface area contributed by atoms with Gasteiger partial charge < -0.3 is 18.9 Å². The Bertz CT molecular complexity index is 962. The van der Waals surface area contributed by atoms with Gasteiger partial charge in [0.2, 0.25) is 0 Å². The number of hydrogen-bond donors (Lipinski definition) is 0. The highest BCUT2D eigenvalue weighted by Crippen LogP contribution is 2.30. The van der Waals surface area contributed by atoms with Gasteiger partial charge >= 0.3 is 5.97 Å². The van der Waals surface area contributed by atoms with Crippen LogP contribution in [0.25, 0.3) is 0 Å². The first-order valence-electron chi connectivity index (χ1n) is 8.71. The molecule has 0 N–H and O–H groups in total. The van der Waals surface area contributed by atoms with E-state index in [0.29, 0.717) is 28.5 Å². The molecule has 0 saturated heterocycles. The highest BCUT2D eigenvalue weighted by Gasteiger charge is 2.15. The van der Waals surface area contributed by atoms with Gasteiger partial charge in [0, 0.05) is 10.9 Å². The van der Waals surface area contributed by atoms with Crippen molar-refractivity contribution in [3.63, 3.8) is 0 Å². The molecular weight excluding hydrogens is 397 g/mol. The van der Waals surface area contributed by atoms with Gasteiger partial charge in [0.15, 0.2) is 0 Å². The Labute approximate surface area is 171 Å². The molecule has 6 nitrogen and oxygen atoms in total. The standard InChI is InChI=1S/C21H20FNO5S/c1-13-18(25-2)8-14(9-19(13)26-3)21(24)28-10-16-12-29-20(23-16)11-27-17-6-4-15(22)5-7-17/h4-9,12H,10-11H2,1-3H3. The summed E-state index contributed by atoms with van der Waals surface area (Å²) in [4.78, 5) is 16.8. The summed E-state index contributed by atoms with van der Waals surface area (Å²) < 4.78 is 34.4. The third kappa shape index (κ3) is 5.23. The van der Waals surface area contributed by atoms with Crippen LogP contribution in [-0.4, -0.2) is 25.2 Å². The maximum Gasteiger partial charge on any atom is 0.338 e. The van der Waals surface area contributed by atoms with Crippen LogP contribution in [0.2, 0.25) is 0 Å². The zero-order valence-corrected chi connectivity index (χ0v) is 17.0. The molecule has 0 aliphatic rings. The molecule has 0 spiro atoms. The molecular formula is C21H20FNO5S. The fourth-order valence-corrected chi connectivity index (χ4v) is 3.27. The fraction of sp³-hybridized carbons (Fsp3) is 0.238. The first-order chi connectivity index (χ1) is 14.0. The molecule has 0 unspecified atom stereocenters. The summed E-state index contributed by atoms with van der Waals surface area (Å²) in [5.41, 5.74) is 1.75. The van der Waals surface area contributed by atoms with Gasteiger partial charge in [-0.1, -0.05) is 0 Å². The Kier molecular flexibility index (Phi) is 6.66. The van der Waals surface area contributed by atoms with Gasteiger partial charge in [-0.2, -0.15) is 0 Å². The van der Waals surface area contributed by atoms with E-state index in [2.05, 4.69) is 4.98 Å². The molecule has 3 aromatic rings. The number of methoxy groups -OCH3 is 2. The van der Waals surface area contributed by atoms with E-state index in [9.17, 15) is 9.18 Å². The minimum absolute atomic E-state index is 0.0321. The van der Waals surface area contributed by atoms with E-state index in [1.165, 1.54) is 37.7 Å². The summed E-state index contributed by atoms with van der Waals surface area (Å²) in [5.74, 6) is 0.824. The van der Waals surface area contributed by atoms with E-state index < -0.39 is 5.97 Å². The van der Waals surface area contributed by atoms with Crippen LogP contribution in [-0.2, 0) is 18.0 Å². The number of hydrogen-bond acceptors (Lipinski definition) is 7. The van der Waals surface area contributed by atoms with Crippen molar-refractivity contribution < 1.29 is 28.1 Å². The van der Waals surface area contributed by atoms with Crippen molar-refractivity contribution in [1.82, 2.24) is 4.98 Å². The van der Waals surface area contributed by atoms with Gasteiger partial charge in [-0.25, -0.2) is 14.2 Å². The lowest BCUT2D eigenvalue weighted by molar-refractivity contribution is 0.0467. The van der Waals surface area contributed by atoms with Gasteiger partial charge in [-0.15, -0.1) is 11.3 Å². The summed E-state index contributed by atoms with van der Waals surface area (Å²) in [6.07, 6.45) is 0. The van der Waals surface area contributed by atoms with Crippen LogP contribution in [0.4, 0.5) is 4.39 Å². The highest BCUT2D eigenvalue weighted by atomic mass is 32.1. The first-order valence-corrected chi connectivity index (χ1v) is 9.59. The Balaban J connectivity index is 1.58. The molecule has 2 aromatic carbocycles. The molecule has 3 rings (SSSR count). The molecule has 0 atom stereocenters. The van der Waals surface area contributed by atoms with Crippen molar-refractivity contribution in [1.29, 1.82) is 0 Å². The molecule has 0 saturated carbocycles. The predicted molar refractivity (Wildman–Crippen MR) is 106 cm³/mol. The largest absolute Gasteiger partial charge is 0.496 e. The van der Waals surface area contributed by atoms with Crippen molar-refractivity contribution >= 4 is 17.3 Å². The molecule has 152 valence electrons. The number of ether oxygens (including phenoxy) is 4. The van der Waals surface area contributed by atoms with Gasteiger partial charge in [0.25, 0.3) is 0 Å².